The topological polar surface area (TPSA) is 76.5 Å². The van der Waals surface area contributed by atoms with Crippen molar-refractivity contribution in [1.29, 1.82) is 0 Å². The summed E-state index contributed by atoms with van der Waals surface area (Å²) in [6.45, 7) is 2.95. The number of hydrogen-bond acceptors (Lipinski definition) is 4. The van der Waals surface area contributed by atoms with E-state index in [-0.39, 0.29) is 18.2 Å². The quantitative estimate of drug-likeness (QED) is 0.623. The van der Waals surface area contributed by atoms with Gasteiger partial charge < -0.3 is 19.5 Å². The van der Waals surface area contributed by atoms with E-state index < -0.39 is 12.0 Å². The molecule has 1 saturated heterocycles. The molecule has 3 aromatic rings. The largest absolute Gasteiger partial charge is 0.496 e. The number of likely N-dealkylation sites (tertiary alicyclic amines) is 1. The van der Waals surface area contributed by atoms with E-state index >= 15 is 0 Å². The minimum Gasteiger partial charge on any atom is -0.496 e. The molecule has 2 heterocycles. The van der Waals surface area contributed by atoms with Crippen LogP contribution in [0.25, 0.3) is 0 Å². The number of methoxy groups -OCH3 is 1. The first-order valence-corrected chi connectivity index (χ1v) is 10.7. The van der Waals surface area contributed by atoms with Crippen LogP contribution < -0.4 is 10.1 Å². The summed E-state index contributed by atoms with van der Waals surface area (Å²) in [6.07, 6.45) is 3.75. The van der Waals surface area contributed by atoms with Crippen molar-refractivity contribution in [2.75, 3.05) is 13.7 Å². The second-order valence-corrected chi connectivity index (χ2v) is 8.24. The molecule has 32 heavy (non-hydrogen) atoms. The van der Waals surface area contributed by atoms with Crippen molar-refractivity contribution >= 4 is 11.8 Å². The van der Waals surface area contributed by atoms with Crippen LogP contribution in [0.5, 0.6) is 5.75 Å². The number of ether oxygens (including phenoxy) is 1. The van der Waals surface area contributed by atoms with Gasteiger partial charge in [0.1, 0.15) is 17.6 Å². The van der Waals surface area contributed by atoms with E-state index in [1.165, 1.54) is 5.56 Å². The minimum atomic E-state index is -0.486. The smallest absolute Gasteiger partial charge is 0.226 e. The number of carbonyl (C=O) groups is 2. The maximum Gasteiger partial charge on any atom is 0.226 e. The van der Waals surface area contributed by atoms with Gasteiger partial charge in [-0.3, -0.25) is 9.59 Å². The lowest BCUT2D eigenvalue weighted by atomic mass is 10.0. The van der Waals surface area contributed by atoms with Gasteiger partial charge in [-0.2, -0.15) is 0 Å². The van der Waals surface area contributed by atoms with Crippen molar-refractivity contribution in [3.63, 3.8) is 0 Å². The highest BCUT2D eigenvalue weighted by atomic mass is 16.5. The maximum absolute atomic E-state index is 13.3. The summed E-state index contributed by atoms with van der Waals surface area (Å²) in [5.74, 6) is 0.790. The molecule has 2 unspecified atom stereocenters. The van der Waals surface area contributed by atoms with E-state index in [4.69, 9.17) is 4.74 Å². The highest BCUT2D eigenvalue weighted by Crippen LogP contribution is 2.30. The lowest BCUT2D eigenvalue weighted by Crippen LogP contribution is -2.37. The fourth-order valence-electron chi connectivity index (χ4n) is 4.12. The molecular weight excluding hydrogens is 404 g/mol. The molecule has 1 aromatic heterocycles. The number of amides is 2. The third-order valence-electron chi connectivity index (χ3n) is 5.93. The number of para-hydroxylation sites is 1. The summed E-state index contributed by atoms with van der Waals surface area (Å²) in [5.41, 5.74) is 3.05. The normalized spacial score (nSPS) is 16.8. The van der Waals surface area contributed by atoms with Gasteiger partial charge in [-0.1, -0.05) is 48.0 Å². The van der Waals surface area contributed by atoms with Gasteiger partial charge in [-0.15, -0.1) is 0 Å². The SMILES string of the molecule is COc1ccccc1C(NC(=O)C1CC(=O)N(Cc2ccc(C)cc2)C1)c1nccn1C. The molecule has 7 nitrogen and oxygen atoms in total. The zero-order chi connectivity index (χ0) is 22.7. The Hall–Kier alpha value is -3.61. The third-order valence-corrected chi connectivity index (χ3v) is 5.93. The Morgan fingerprint density at radius 2 is 1.97 bits per heavy atom. The van der Waals surface area contributed by atoms with Crippen molar-refractivity contribution in [3.05, 3.63) is 83.4 Å². The van der Waals surface area contributed by atoms with E-state index in [9.17, 15) is 9.59 Å². The summed E-state index contributed by atoms with van der Waals surface area (Å²) in [6, 6.07) is 15.2. The Kier molecular flexibility index (Phi) is 6.25. The van der Waals surface area contributed by atoms with Gasteiger partial charge >= 0.3 is 0 Å². The van der Waals surface area contributed by atoms with Gasteiger partial charge in [-0.05, 0) is 18.6 Å². The average Bonchev–Trinajstić information content (AvgIpc) is 3.39. The van der Waals surface area contributed by atoms with Gasteiger partial charge in [0, 0.05) is 44.5 Å². The fourth-order valence-corrected chi connectivity index (χ4v) is 4.12. The van der Waals surface area contributed by atoms with Crippen LogP contribution in [-0.4, -0.2) is 39.9 Å². The third kappa shape index (κ3) is 4.51. The predicted octanol–water partition coefficient (Wildman–Crippen LogP) is 2.99. The lowest BCUT2D eigenvalue weighted by molar-refractivity contribution is -0.129. The van der Waals surface area contributed by atoms with Crippen LogP contribution in [0.3, 0.4) is 0 Å². The summed E-state index contributed by atoms with van der Waals surface area (Å²) >= 11 is 0. The van der Waals surface area contributed by atoms with E-state index in [1.54, 1.807) is 18.2 Å². The van der Waals surface area contributed by atoms with Gasteiger partial charge in [-0.25, -0.2) is 4.98 Å². The molecule has 1 aliphatic heterocycles. The average molecular weight is 433 g/mol. The van der Waals surface area contributed by atoms with Crippen LogP contribution in [0.2, 0.25) is 0 Å². The number of rotatable bonds is 7. The van der Waals surface area contributed by atoms with Crippen LogP contribution in [0.1, 0.15) is 35.0 Å². The highest BCUT2D eigenvalue weighted by molar-refractivity contribution is 5.89. The molecule has 166 valence electrons. The first kappa shape index (κ1) is 21.6. The molecule has 7 heteroatoms. The van der Waals surface area contributed by atoms with Gasteiger partial charge in [0.15, 0.2) is 0 Å². The molecule has 2 amide bonds. The summed E-state index contributed by atoms with van der Waals surface area (Å²) in [7, 11) is 3.49. The number of carbonyl (C=O) groups excluding carboxylic acids is 2. The Bertz CT molecular complexity index is 1110. The minimum absolute atomic E-state index is 0.00319. The zero-order valence-electron chi connectivity index (χ0n) is 18.6. The molecule has 0 aliphatic carbocycles. The van der Waals surface area contributed by atoms with E-state index in [2.05, 4.69) is 10.3 Å². The number of hydrogen-bond donors (Lipinski definition) is 1. The van der Waals surface area contributed by atoms with E-state index in [0.717, 1.165) is 11.1 Å². The molecule has 1 N–H and O–H groups in total. The maximum atomic E-state index is 13.3. The molecule has 2 aromatic carbocycles. The predicted molar refractivity (Wildman–Crippen MR) is 121 cm³/mol. The summed E-state index contributed by atoms with van der Waals surface area (Å²) in [4.78, 5) is 32.1. The molecule has 0 spiro atoms. The van der Waals surface area contributed by atoms with Gasteiger partial charge in [0.2, 0.25) is 11.8 Å². The molecular formula is C25H28N4O3. The van der Waals surface area contributed by atoms with Crippen LogP contribution >= 0.6 is 0 Å². The number of aryl methyl sites for hydroxylation is 2. The molecule has 2 atom stereocenters. The van der Waals surface area contributed by atoms with Crippen LogP contribution in [0, 0.1) is 12.8 Å². The van der Waals surface area contributed by atoms with Crippen molar-refractivity contribution in [3.8, 4) is 5.75 Å². The molecule has 0 radical (unpaired) electrons. The number of imidazole rings is 1. The molecule has 0 saturated carbocycles. The molecule has 4 rings (SSSR count). The molecule has 1 aliphatic rings. The Labute approximate surface area is 188 Å². The number of aromatic nitrogens is 2. The Balaban J connectivity index is 1.52. The van der Waals surface area contributed by atoms with Crippen LogP contribution in [0.15, 0.2) is 60.9 Å². The van der Waals surface area contributed by atoms with Crippen molar-refractivity contribution in [2.24, 2.45) is 13.0 Å². The first-order valence-electron chi connectivity index (χ1n) is 10.7. The van der Waals surface area contributed by atoms with Crippen molar-refractivity contribution in [1.82, 2.24) is 19.8 Å². The van der Waals surface area contributed by atoms with Crippen molar-refractivity contribution in [2.45, 2.75) is 25.9 Å². The molecule has 1 fully saturated rings. The Morgan fingerprint density at radius 1 is 1.22 bits per heavy atom. The second-order valence-electron chi connectivity index (χ2n) is 8.24. The standard InChI is InChI=1S/C25H28N4O3/c1-17-8-10-18(11-9-17)15-29-16-19(14-22(29)30)25(31)27-23(24-26-12-13-28(24)2)20-6-4-5-7-21(20)32-3/h4-13,19,23H,14-16H2,1-3H3,(H,27,31). The van der Waals surface area contributed by atoms with E-state index in [1.807, 2.05) is 73.3 Å². The second kappa shape index (κ2) is 9.26. The number of nitrogens with one attached hydrogen (secondary N) is 1. The summed E-state index contributed by atoms with van der Waals surface area (Å²) in [5, 5.41) is 3.12. The van der Waals surface area contributed by atoms with Crippen LogP contribution in [0.4, 0.5) is 0 Å². The number of nitrogens with zero attached hydrogens (tertiary/aromatic N) is 3. The zero-order valence-corrected chi connectivity index (χ0v) is 18.6. The van der Waals surface area contributed by atoms with Gasteiger partial charge in [0.05, 0.1) is 13.0 Å². The fraction of sp³-hybridized carbons (Fsp3) is 0.320. The monoisotopic (exact) mass is 432 g/mol. The van der Waals surface area contributed by atoms with Crippen LogP contribution in [-0.2, 0) is 23.2 Å². The summed E-state index contributed by atoms with van der Waals surface area (Å²) < 4.78 is 7.41. The van der Waals surface area contributed by atoms with Gasteiger partial charge in [0.25, 0.3) is 0 Å². The lowest BCUT2D eigenvalue weighted by Gasteiger charge is -2.23. The highest BCUT2D eigenvalue weighted by Gasteiger charge is 2.36. The molecule has 0 bridgehead atoms. The Morgan fingerprint density at radius 3 is 2.66 bits per heavy atom. The first-order chi connectivity index (χ1) is 15.5. The van der Waals surface area contributed by atoms with Crippen molar-refractivity contribution < 1.29 is 14.3 Å². The number of benzene rings is 2. The van der Waals surface area contributed by atoms with E-state index in [0.29, 0.717) is 24.7 Å².